The van der Waals surface area contributed by atoms with Crippen LogP contribution in [0.2, 0.25) is 0 Å². The normalized spacial score (nSPS) is 22.0. The molecule has 1 unspecified atom stereocenters. The molecule has 0 saturated heterocycles. The third-order valence-electron chi connectivity index (χ3n) is 5.10. The first-order valence-corrected chi connectivity index (χ1v) is 8.58. The lowest BCUT2D eigenvalue weighted by Gasteiger charge is -2.35. The highest BCUT2D eigenvalue weighted by Gasteiger charge is 2.45. The molecule has 1 aromatic carbocycles. The summed E-state index contributed by atoms with van der Waals surface area (Å²) in [6.07, 6.45) is 4.83. The number of halogens is 2. The lowest BCUT2D eigenvalue weighted by Crippen LogP contribution is -2.42. The maximum atomic E-state index is 13.5. The molecule has 1 heterocycles. The number of aliphatic hydroxyl groups is 1. The molecule has 3 rings (SSSR count). The number of carbonyl (C=O) groups is 2. The van der Waals surface area contributed by atoms with Gasteiger partial charge in [0.25, 0.3) is 5.91 Å². The maximum absolute atomic E-state index is 13.5. The van der Waals surface area contributed by atoms with Gasteiger partial charge in [0.15, 0.2) is 11.5 Å². The largest absolute Gasteiger partial charge is 0.503 e. The van der Waals surface area contributed by atoms with Crippen molar-refractivity contribution in [1.29, 1.82) is 0 Å². The minimum absolute atomic E-state index is 0.0461. The van der Waals surface area contributed by atoms with E-state index in [-0.39, 0.29) is 23.8 Å². The lowest BCUT2D eigenvalue weighted by atomic mass is 9.80. The van der Waals surface area contributed by atoms with E-state index in [0.717, 1.165) is 50.3 Å². The number of amides is 1. The van der Waals surface area contributed by atoms with Crippen LogP contribution in [-0.4, -0.2) is 27.7 Å². The second-order valence-electron chi connectivity index (χ2n) is 6.87. The molecule has 1 saturated carbocycles. The number of ketones is 1. The highest BCUT2D eigenvalue weighted by molar-refractivity contribution is 6.07. The number of aliphatic hydroxyl groups excluding tert-OH is 1. The first-order valence-electron chi connectivity index (χ1n) is 8.58. The van der Waals surface area contributed by atoms with E-state index in [9.17, 15) is 23.5 Å². The van der Waals surface area contributed by atoms with Crippen molar-refractivity contribution in [2.45, 2.75) is 51.6 Å². The highest BCUT2D eigenvalue weighted by atomic mass is 19.1. The van der Waals surface area contributed by atoms with Crippen molar-refractivity contribution in [2.24, 2.45) is 5.92 Å². The van der Waals surface area contributed by atoms with Gasteiger partial charge in [-0.3, -0.25) is 9.59 Å². The first kappa shape index (κ1) is 17.6. The molecule has 0 bridgehead atoms. The van der Waals surface area contributed by atoms with Crippen molar-refractivity contribution in [3.8, 4) is 0 Å². The second kappa shape index (κ2) is 6.94. The summed E-state index contributed by atoms with van der Waals surface area (Å²) in [6.45, 7) is 1.29. The molecule has 1 aliphatic heterocycles. The molecule has 1 N–H and O–H groups in total. The van der Waals surface area contributed by atoms with E-state index < -0.39 is 29.3 Å². The summed E-state index contributed by atoms with van der Waals surface area (Å²) in [5, 5.41) is 10.2. The van der Waals surface area contributed by atoms with Crippen LogP contribution in [0.15, 0.2) is 29.5 Å². The van der Waals surface area contributed by atoms with E-state index in [1.807, 2.05) is 0 Å². The molecular formula is C19H21F2NO3. The standard InChI is InChI=1S/C19H21F2NO3/c1-11(23)16-17(13-5-3-2-4-6-13)22(19(25)18(16)24)10-12-7-14(20)9-15(21)8-12/h7-9,13,17,24H,2-6,10H2,1H3. The van der Waals surface area contributed by atoms with Crippen LogP contribution in [0.5, 0.6) is 0 Å². The van der Waals surface area contributed by atoms with E-state index in [4.69, 9.17) is 0 Å². The average molecular weight is 349 g/mol. The molecule has 1 amide bonds. The van der Waals surface area contributed by atoms with Gasteiger partial charge in [-0.15, -0.1) is 0 Å². The SMILES string of the molecule is CC(=O)C1=C(O)C(=O)N(Cc2cc(F)cc(F)c2)C1C1CCCCC1. The summed E-state index contributed by atoms with van der Waals surface area (Å²) in [7, 11) is 0. The first-order chi connectivity index (χ1) is 11.9. The topological polar surface area (TPSA) is 57.6 Å². The Morgan fingerprint density at radius 2 is 1.76 bits per heavy atom. The number of hydrogen-bond donors (Lipinski definition) is 1. The van der Waals surface area contributed by atoms with E-state index >= 15 is 0 Å². The highest BCUT2D eigenvalue weighted by Crippen LogP contribution is 2.38. The second-order valence-corrected chi connectivity index (χ2v) is 6.87. The average Bonchev–Trinajstić information content (AvgIpc) is 2.80. The summed E-state index contributed by atoms with van der Waals surface area (Å²) in [5.74, 6) is -2.89. The number of hydrogen-bond acceptors (Lipinski definition) is 3. The molecular weight excluding hydrogens is 328 g/mol. The van der Waals surface area contributed by atoms with Crippen LogP contribution in [0.1, 0.15) is 44.6 Å². The summed E-state index contributed by atoms with van der Waals surface area (Å²) >= 11 is 0. The van der Waals surface area contributed by atoms with E-state index in [1.54, 1.807) is 0 Å². The van der Waals surface area contributed by atoms with Gasteiger partial charge in [0.2, 0.25) is 0 Å². The number of benzene rings is 1. The van der Waals surface area contributed by atoms with Crippen LogP contribution >= 0.6 is 0 Å². The molecule has 134 valence electrons. The summed E-state index contributed by atoms with van der Waals surface area (Å²) in [4.78, 5) is 26.0. The maximum Gasteiger partial charge on any atom is 0.290 e. The Hall–Kier alpha value is -2.24. The predicted octanol–water partition coefficient (Wildman–Crippen LogP) is 3.66. The van der Waals surface area contributed by atoms with Gasteiger partial charge in [-0.25, -0.2) is 8.78 Å². The van der Waals surface area contributed by atoms with Gasteiger partial charge in [-0.05, 0) is 43.4 Å². The third-order valence-corrected chi connectivity index (χ3v) is 5.10. The Balaban J connectivity index is 1.95. The predicted molar refractivity (Wildman–Crippen MR) is 87.6 cm³/mol. The van der Waals surface area contributed by atoms with Crippen molar-refractivity contribution >= 4 is 11.7 Å². The third kappa shape index (κ3) is 3.43. The Bertz CT molecular complexity index is 718. The van der Waals surface area contributed by atoms with Gasteiger partial charge in [0.05, 0.1) is 11.6 Å². The Morgan fingerprint density at radius 3 is 2.32 bits per heavy atom. The molecule has 0 aromatic heterocycles. The molecule has 1 aromatic rings. The minimum atomic E-state index is -0.722. The number of rotatable bonds is 4. The number of carbonyl (C=O) groups excluding carboxylic acids is 2. The van der Waals surface area contributed by atoms with Gasteiger partial charge in [-0.1, -0.05) is 19.3 Å². The number of nitrogens with zero attached hydrogens (tertiary/aromatic N) is 1. The molecule has 1 fully saturated rings. The fourth-order valence-corrected chi connectivity index (χ4v) is 4.06. The van der Waals surface area contributed by atoms with Crippen LogP contribution < -0.4 is 0 Å². The van der Waals surface area contributed by atoms with Crippen LogP contribution in [-0.2, 0) is 16.1 Å². The van der Waals surface area contributed by atoms with Crippen molar-refractivity contribution in [3.63, 3.8) is 0 Å². The van der Waals surface area contributed by atoms with Gasteiger partial charge >= 0.3 is 0 Å². The zero-order valence-electron chi connectivity index (χ0n) is 14.1. The van der Waals surface area contributed by atoms with Gasteiger partial charge in [-0.2, -0.15) is 0 Å². The molecule has 6 heteroatoms. The van der Waals surface area contributed by atoms with Crippen molar-refractivity contribution in [3.05, 3.63) is 46.7 Å². The van der Waals surface area contributed by atoms with Crippen molar-refractivity contribution < 1.29 is 23.5 Å². The van der Waals surface area contributed by atoms with E-state index in [1.165, 1.54) is 11.8 Å². The summed E-state index contributed by atoms with van der Waals surface area (Å²) in [5.41, 5.74) is 0.429. The van der Waals surface area contributed by atoms with Crippen LogP contribution in [0.25, 0.3) is 0 Å². The summed E-state index contributed by atoms with van der Waals surface area (Å²) in [6, 6.07) is 2.57. The molecule has 1 atom stereocenters. The zero-order chi connectivity index (χ0) is 18.1. The van der Waals surface area contributed by atoms with Gasteiger partial charge < -0.3 is 10.0 Å². The quantitative estimate of drug-likeness (QED) is 0.902. The smallest absolute Gasteiger partial charge is 0.290 e. The fraction of sp³-hybridized carbons (Fsp3) is 0.474. The minimum Gasteiger partial charge on any atom is -0.503 e. The van der Waals surface area contributed by atoms with E-state index in [0.29, 0.717) is 5.56 Å². The molecule has 25 heavy (non-hydrogen) atoms. The van der Waals surface area contributed by atoms with Crippen LogP contribution in [0.4, 0.5) is 8.78 Å². The Kier molecular flexibility index (Phi) is 4.88. The molecule has 1 aliphatic carbocycles. The molecule has 2 aliphatic rings. The van der Waals surface area contributed by atoms with Gasteiger partial charge in [0, 0.05) is 12.6 Å². The number of Topliss-reactive ketones (excluding diaryl/α,β-unsaturated/α-hetero) is 1. The Labute approximate surface area is 145 Å². The van der Waals surface area contributed by atoms with Crippen molar-refractivity contribution in [2.75, 3.05) is 0 Å². The molecule has 0 spiro atoms. The van der Waals surface area contributed by atoms with Gasteiger partial charge in [0.1, 0.15) is 11.6 Å². The monoisotopic (exact) mass is 349 g/mol. The lowest BCUT2D eigenvalue weighted by molar-refractivity contribution is -0.130. The van der Waals surface area contributed by atoms with Crippen LogP contribution in [0.3, 0.4) is 0 Å². The fourth-order valence-electron chi connectivity index (χ4n) is 4.06. The molecule has 4 nitrogen and oxygen atoms in total. The van der Waals surface area contributed by atoms with E-state index in [2.05, 4.69) is 0 Å². The Morgan fingerprint density at radius 1 is 1.16 bits per heavy atom. The van der Waals surface area contributed by atoms with Crippen molar-refractivity contribution in [1.82, 2.24) is 4.90 Å². The molecule has 0 radical (unpaired) electrons. The summed E-state index contributed by atoms with van der Waals surface area (Å²) < 4.78 is 27.0. The van der Waals surface area contributed by atoms with Crippen LogP contribution in [0, 0.1) is 17.6 Å². The zero-order valence-corrected chi connectivity index (χ0v) is 14.1.